The first-order valence-corrected chi connectivity index (χ1v) is 11.6. The van der Waals surface area contributed by atoms with Crippen molar-refractivity contribution in [3.63, 3.8) is 0 Å². The number of hydrogen-bond donors (Lipinski definition) is 1. The van der Waals surface area contributed by atoms with Crippen LogP contribution in [0.5, 0.6) is 0 Å². The van der Waals surface area contributed by atoms with Crippen LogP contribution in [0.25, 0.3) is 0 Å². The number of amides is 1. The van der Waals surface area contributed by atoms with Crippen molar-refractivity contribution in [2.75, 3.05) is 25.5 Å². The number of nitrogens with zero attached hydrogens (tertiary/aromatic N) is 1. The Labute approximate surface area is 196 Å². The minimum absolute atomic E-state index is 0.0468. The maximum Gasteiger partial charge on any atom is 0.337 e. The quantitative estimate of drug-likeness (QED) is 0.478. The monoisotopic (exact) mass is 486 g/mol. The van der Waals surface area contributed by atoms with Gasteiger partial charge in [0.1, 0.15) is 0 Å². The van der Waals surface area contributed by atoms with Crippen molar-refractivity contribution < 1.29 is 19.1 Å². The number of benzene rings is 1. The normalized spacial score (nSPS) is 33.4. The number of methoxy groups -OCH3 is 1. The second-order valence-electron chi connectivity index (χ2n) is 8.39. The van der Waals surface area contributed by atoms with Crippen molar-refractivity contribution in [1.82, 2.24) is 4.90 Å². The van der Waals surface area contributed by atoms with Crippen molar-refractivity contribution in [3.05, 3.63) is 41.7 Å². The van der Waals surface area contributed by atoms with E-state index in [2.05, 4.69) is 23.2 Å². The Bertz CT molecular complexity index is 906. The zero-order valence-electron chi connectivity index (χ0n) is 17.3. The lowest BCUT2D eigenvalue weighted by Gasteiger charge is -2.48. The van der Waals surface area contributed by atoms with Crippen LogP contribution in [0.3, 0.4) is 0 Å². The number of fused-ring (bicyclic) bond motifs is 5. The van der Waals surface area contributed by atoms with Gasteiger partial charge in [0.05, 0.1) is 30.5 Å². The smallest absolute Gasteiger partial charge is 0.337 e. The molecule has 4 aliphatic rings. The molecule has 168 valence electrons. The predicted octanol–water partition coefficient (Wildman–Crippen LogP) is 4.05. The molecule has 1 aromatic rings. The Morgan fingerprint density at radius 3 is 2.74 bits per heavy atom. The summed E-state index contributed by atoms with van der Waals surface area (Å²) in [6.45, 7) is 3.79. The molecule has 2 saturated heterocycles. The first-order valence-electron chi connectivity index (χ1n) is 10.3. The third-order valence-electron chi connectivity index (χ3n) is 7.14. The number of para-hydroxylation sites is 1. The van der Waals surface area contributed by atoms with Crippen LogP contribution >= 0.6 is 34.8 Å². The lowest BCUT2D eigenvalue weighted by Crippen LogP contribution is -2.56. The summed E-state index contributed by atoms with van der Waals surface area (Å²) >= 11 is 14.4. The standard InChI is InChI=1S/C21H24N2O4.CHCl3/c1-12-14-10-23-8-7-21(16-5-3-4-6-17(16)22-20(21)25)18(23)9-13(14)15(11-27-12)19(24)26-2;2-1(3)4/h3-6,11-14,18H,7-10H2,1-2H3,(H,22,25);1H/t12-,13-,14-,18-,21+;/m0./s1. The van der Waals surface area contributed by atoms with E-state index in [9.17, 15) is 9.59 Å². The number of rotatable bonds is 1. The second kappa shape index (κ2) is 8.81. The molecule has 0 saturated carbocycles. The fraction of sp³-hybridized carbons (Fsp3) is 0.545. The number of anilines is 1. The Kier molecular flexibility index (Phi) is 6.46. The van der Waals surface area contributed by atoms with Crippen LogP contribution in [0.15, 0.2) is 36.1 Å². The molecule has 5 rings (SSSR count). The van der Waals surface area contributed by atoms with E-state index < -0.39 is 9.71 Å². The summed E-state index contributed by atoms with van der Waals surface area (Å²) < 4.78 is 10.0. The molecule has 1 N–H and O–H groups in total. The fourth-order valence-corrected chi connectivity index (χ4v) is 5.77. The molecule has 9 heteroatoms. The van der Waals surface area contributed by atoms with Gasteiger partial charge in [-0.1, -0.05) is 53.0 Å². The molecule has 1 aromatic carbocycles. The van der Waals surface area contributed by atoms with Crippen LogP contribution in [0.2, 0.25) is 0 Å². The first kappa shape index (κ1) is 22.7. The van der Waals surface area contributed by atoms with Gasteiger partial charge in [-0.3, -0.25) is 9.69 Å². The van der Waals surface area contributed by atoms with E-state index in [1.54, 1.807) is 6.26 Å². The summed E-state index contributed by atoms with van der Waals surface area (Å²) in [5.74, 6) is 0.0558. The van der Waals surface area contributed by atoms with Gasteiger partial charge in [-0.2, -0.15) is 0 Å². The van der Waals surface area contributed by atoms with E-state index in [1.807, 2.05) is 18.2 Å². The van der Waals surface area contributed by atoms with Crippen molar-refractivity contribution in [2.24, 2.45) is 11.8 Å². The number of carbonyl (C=O) groups is 2. The number of piperidine rings is 1. The Morgan fingerprint density at radius 1 is 1.32 bits per heavy atom. The SMILES string of the molecule is COC(=O)C1=CO[C@@H](C)[C@@H]2CN3CC[C@]4(C(=O)Nc5ccccc54)[C@@H]3C[C@H]12.ClC(Cl)Cl. The topological polar surface area (TPSA) is 67.9 Å². The van der Waals surface area contributed by atoms with Crippen LogP contribution in [0.4, 0.5) is 5.69 Å². The molecule has 4 aliphatic heterocycles. The van der Waals surface area contributed by atoms with Gasteiger partial charge in [-0.05, 0) is 37.9 Å². The number of alkyl halides is 3. The minimum Gasteiger partial charge on any atom is -0.497 e. The number of hydrogen-bond acceptors (Lipinski definition) is 5. The average molecular weight is 488 g/mol. The molecule has 5 atom stereocenters. The summed E-state index contributed by atoms with van der Waals surface area (Å²) in [6, 6.07) is 8.10. The molecule has 31 heavy (non-hydrogen) atoms. The number of halogens is 3. The number of ether oxygens (including phenoxy) is 2. The summed E-state index contributed by atoms with van der Waals surface area (Å²) in [6.07, 6.45) is 3.20. The Balaban J connectivity index is 0.000000535. The van der Waals surface area contributed by atoms with E-state index in [-0.39, 0.29) is 35.9 Å². The number of esters is 1. The van der Waals surface area contributed by atoms with Gasteiger partial charge in [-0.15, -0.1) is 0 Å². The van der Waals surface area contributed by atoms with Gasteiger partial charge in [-0.25, -0.2) is 4.79 Å². The molecule has 0 aromatic heterocycles. The highest BCUT2D eigenvalue weighted by Gasteiger charge is 2.61. The highest BCUT2D eigenvalue weighted by Crippen LogP contribution is 2.53. The van der Waals surface area contributed by atoms with Gasteiger partial charge in [0.25, 0.3) is 0 Å². The third kappa shape index (κ3) is 3.82. The van der Waals surface area contributed by atoms with Crippen LogP contribution in [0.1, 0.15) is 25.3 Å². The van der Waals surface area contributed by atoms with Gasteiger partial charge in [0.15, 0.2) is 4.30 Å². The average Bonchev–Trinajstić information content (AvgIpc) is 3.25. The molecule has 1 amide bonds. The van der Waals surface area contributed by atoms with E-state index >= 15 is 0 Å². The maximum atomic E-state index is 13.1. The molecule has 0 unspecified atom stereocenters. The number of carbonyl (C=O) groups excluding carboxylic acids is 2. The minimum atomic E-state index is -0.750. The van der Waals surface area contributed by atoms with Crippen LogP contribution < -0.4 is 5.32 Å². The summed E-state index contributed by atoms with van der Waals surface area (Å²) in [7, 11) is 1.41. The summed E-state index contributed by atoms with van der Waals surface area (Å²) in [4.78, 5) is 27.9. The highest BCUT2D eigenvalue weighted by molar-refractivity contribution is 6.63. The van der Waals surface area contributed by atoms with Crippen molar-refractivity contribution in [3.8, 4) is 0 Å². The molecular weight excluding hydrogens is 463 g/mol. The molecule has 0 radical (unpaired) electrons. The molecule has 6 nitrogen and oxygen atoms in total. The van der Waals surface area contributed by atoms with Gasteiger partial charge < -0.3 is 14.8 Å². The molecule has 1 spiro atoms. The van der Waals surface area contributed by atoms with Crippen molar-refractivity contribution >= 4 is 52.4 Å². The summed E-state index contributed by atoms with van der Waals surface area (Å²) in [5, 5.41) is 3.09. The molecule has 2 fully saturated rings. The van der Waals surface area contributed by atoms with E-state index in [0.717, 1.165) is 37.2 Å². The fourth-order valence-electron chi connectivity index (χ4n) is 5.77. The Hall–Kier alpha value is -1.47. The van der Waals surface area contributed by atoms with Gasteiger partial charge in [0.2, 0.25) is 5.91 Å². The van der Waals surface area contributed by atoms with Crippen LogP contribution in [-0.4, -0.2) is 53.4 Å². The van der Waals surface area contributed by atoms with E-state index in [4.69, 9.17) is 44.3 Å². The van der Waals surface area contributed by atoms with Crippen molar-refractivity contribution in [2.45, 2.75) is 41.6 Å². The van der Waals surface area contributed by atoms with Crippen LogP contribution in [-0.2, 0) is 24.5 Å². The van der Waals surface area contributed by atoms with Gasteiger partial charge in [0, 0.05) is 30.1 Å². The van der Waals surface area contributed by atoms with Crippen LogP contribution in [0, 0.1) is 11.8 Å². The van der Waals surface area contributed by atoms with E-state index in [0.29, 0.717) is 5.57 Å². The number of nitrogens with one attached hydrogen (secondary N) is 1. The predicted molar refractivity (Wildman–Crippen MR) is 120 cm³/mol. The molecule has 4 heterocycles. The highest BCUT2D eigenvalue weighted by atomic mass is 35.6. The molecular formula is C22H25Cl3N2O4. The third-order valence-corrected chi connectivity index (χ3v) is 7.14. The van der Waals surface area contributed by atoms with Crippen molar-refractivity contribution in [1.29, 1.82) is 0 Å². The summed E-state index contributed by atoms with van der Waals surface area (Å²) in [5.41, 5.74) is 2.11. The molecule has 0 aliphatic carbocycles. The molecule has 0 bridgehead atoms. The lowest BCUT2D eigenvalue weighted by atomic mass is 9.66. The zero-order valence-corrected chi connectivity index (χ0v) is 19.6. The largest absolute Gasteiger partial charge is 0.497 e. The maximum absolute atomic E-state index is 13.1. The Morgan fingerprint density at radius 2 is 2.03 bits per heavy atom. The van der Waals surface area contributed by atoms with Gasteiger partial charge >= 0.3 is 5.97 Å². The zero-order chi connectivity index (χ0) is 22.3. The lowest BCUT2D eigenvalue weighted by molar-refractivity contribution is -0.139. The van der Waals surface area contributed by atoms with E-state index in [1.165, 1.54) is 7.11 Å². The second-order valence-corrected chi connectivity index (χ2v) is 10.4. The first-order chi connectivity index (χ1) is 14.8.